The van der Waals surface area contributed by atoms with E-state index in [0.29, 0.717) is 24.0 Å². The molecule has 1 spiro atoms. The van der Waals surface area contributed by atoms with Gasteiger partial charge in [-0.05, 0) is 48.9 Å². The summed E-state index contributed by atoms with van der Waals surface area (Å²) in [7, 11) is 0. The Hall–Kier alpha value is -3.58. The quantitative estimate of drug-likeness (QED) is 0.228. The molecule has 2 aromatic carbocycles. The summed E-state index contributed by atoms with van der Waals surface area (Å²) in [5.74, 6) is 0.809. The summed E-state index contributed by atoms with van der Waals surface area (Å²) in [6, 6.07) is 22.2. The number of amides is 1. The number of hydrogen-bond donors (Lipinski definition) is 1. The van der Waals surface area contributed by atoms with Crippen molar-refractivity contribution in [2.75, 3.05) is 12.3 Å². The zero-order valence-electron chi connectivity index (χ0n) is 22.0. The fourth-order valence-electron chi connectivity index (χ4n) is 6.20. The van der Waals surface area contributed by atoms with Crippen molar-refractivity contribution >= 4 is 17.7 Å². The van der Waals surface area contributed by atoms with E-state index in [1.807, 2.05) is 36.4 Å². The van der Waals surface area contributed by atoms with Crippen LogP contribution in [-0.2, 0) is 29.6 Å². The summed E-state index contributed by atoms with van der Waals surface area (Å²) >= 11 is 1.32. The number of rotatable bonds is 8. The van der Waals surface area contributed by atoms with Gasteiger partial charge in [-0.2, -0.15) is 0 Å². The first-order valence-electron chi connectivity index (χ1n) is 13.8. The normalized spacial score (nSPS) is 15.5. The molecule has 0 saturated heterocycles. The zero-order valence-corrected chi connectivity index (χ0v) is 22.8. The average Bonchev–Trinajstić information content (AvgIpc) is 3.48. The summed E-state index contributed by atoms with van der Waals surface area (Å²) in [5.41, 5.74) is 4.95. The molecule has 200 valence electrons. The Kier molecular flexibility index (Phi) is 7.42. The maximum Gasteiger partial charge on any atom is 0.258 e. The molecular weight excluding hydrogens is 506 g/mol. The maximum absolute atomic E-state index is 14.4. The number of nitrogens with zero attached hydrogens (tertiary/aromatic N) is 2. The van der Waals surface area contributed by atoms with Gasteiger partial charge in [-0.25, -0.2) is 4.98 Å². The lowest BCUT2D eigenvalue weighted by Gasteiger charge is -2.42. The van der Waals surface area contributed by atoms with E-state index in [9.17, 15) is 9.59 Å². The highest BCUT2D eigenvalue weighted by molar-refractivity contribution is 7.99. The van der Waals surface area contributed by atoms with Crippen molar-refractivity contribution in [3.05, 3.63) is 106 Å². The van der Waals surface area contributed by atoms with Gasteiger partial charge in [0, 0.05) is 17.5 Å². The fraction of sp³-hybridized carbons (Fsp3) is 0.344. The maximum atomic E-state index is 14.4. The zero-order chi connectivity index (χ0) is 26.7. The lowest BCUT2D eigenvalue weighted by atomic mass is 9.62. The molecule has 1 N–H and O–H groups in total. The summed E-state index contributed by atoms with van der Waals surface area (Å²) in [5, 5.41) is 3.56. The number of fused-ring (bicyclic) bond motifs is 4. The number of furan rings is 1. The molecule has 2 heterocycles. The molecule has 0 atom stereocenters. The summed E-state index contributed by atoms with van der Waals surface area (Å²) < 4.78 is 7.36. The number of carbonyl (C=O) groups is 1. The molecule has 4 aromatic rings. The number of benzene rings is 2. The van der Waals surface area contributed by atoms with Crippen molar-refractivity contribution in [1.29, 1.82) is 0 Å². The molecule has 1 fully saturated rings. The van der Waals surface area contributed by atoms with Gasteiger partial charge in [0.2, 0.25) is 5.91 Å². The van der Waals surface area contributed by atoms with Crippen molar-refractivity contribution in [3.63, 3.8) is 0 Å². The summed E-state index contributed by atoms with van der Waals surface area (Å²) in [6.07, 6.45) is 8.74. The third-order valence-electron chi connectivity index (χ3n) is 8.08. The predicted molar refractivity (Wildman–Crippen MR) is 154 cm³/mol. The van der Waals surface area contributed by atoms with Crippen LogP contribution in [0.1, 0.15) is 54.6 Å². The lowest BCUT2D eigenvalue weighted by molar-refractivity contribution is -0.118. The Balaban J connectivity index is 1.33. The van der Waals surface area contributed by atoms with Crippen LogP contribution in [0.25, 0.3) is 11.3 Å². The standard InChI is InChI=1S/C32H33N3O3S/c36-27(33-18-15-23-10-3-1-4-11-23)22-39-31-34-29-26-14-6-5-12-24(26)20-32(16-7-2-8-17-32)28(29)30(37)35(31)21-25-13-9-19-38-25/h1,3-6,9-14,19H,2,7-8,15-18,20-22H2,(H,33,36). The highest BCUT2D eigenvalue weighted by atomic mass is 32.2. The second kappa shape index (κ2) is 11.3. The van der Waals surface area contributed by atoms with Crippen molar-refractivity contribution < 1.29 is 9.21 Å². The molecule has 6 nitrogen and oxygen atoms in total. The number of thioether (sulfide) groups is 1. The Morgan fingerprint density at radius 1 is 1.00 bits per heavy atom. The molecule has 2 aliphatic rings. The van der Waals surface area contributed by atoms with E-state index in [1.54, 1.807) is 10.8 Å². The number of carbonyl (C=O) groups excluding carboxylic acids is 1. The Bertz CT molecular complexity index is 1510. The van der Waals surface area contributed by atoms with Gasteiger partial charge in [0.05, 0.1) is 29.8 Å². The van der Waals surface area contributed by atoms with Gasteiger partial charge in [0.1, 0.15) is 5.76 Å². The van der Waals surface area contributed by atoms with Gasteiger partial charge in [-0.15, -0.1) is 0 Å². The van der Waals surface area contributed by atoms with E-state index in [-0.39, 0.29) is 22.6 Å². The van der Waals surface area contributed by atoms with Crippen LogP contribution in [0.3, 0.4) is 0 Å². The van der Waals surface area contributed by atoms with Crippen molar-refractivity contribution in [2.24, 2.45) is 0 Å². The second-order valence-corrected chi connectivity index (χ2v) is 11.6. The van der Waals surface area contributed by atoms with Gasteiger partial charge < -0.3 is 9.73 Å². The SMILES string of the molecule is O=C(CSc1nc2c(c(=O)n1Cc1ccco1)C1(CCCCC1)Cc1ccccc1-2)NCCc1ccccc1. The molecule has 7 heteroatoms. The molecule has 0 aliphatic heterocycles. The average molecular weight is 540 g/mol. The molecule has 1 saturated carbocycles. The Morgan fingerprint density at radius 2 is 1.79 bits per heavy atom. The van der Waals surface area contributed by atoms with Crippen molar-refractivity contribution in [2.45, 2.75) is 62.1 Å². The van der Waals surface area contributed by atoms with Crippen LogP contribution >= 0.6 is 11.8 Å². The van der Waals surface area contributed by atoms with Gasteiger partial charge >= 0.3 is 0 Å². The highest BCUT2D eigenvalue weighted by Crippen LogP contribution is 2.48. The van der Waals surface area contributed by atoms with Gasteiger partial charge in [0.25, 0.3) is 5.56 Å². The minimum atomic E-state index is -0.186. The smallest absolute Gasteiger partial charge is 0.258 e. The highest BCUT2D eigenvalue weighted by Gasteiger charge is 2.43. The number of aromatic nitrogens is 2. The van der Waals surface area contributed by atoms with Crippen LogP contribution < -0.4 is 10.9 Å². The van der Waals surface area contributed by atoms with Crippen molar-refractivity contribution in [1.82, 2.24) is 14.9 Å². The topological polar surface area (TPSA) is 77.1 Å². The van der Waals surface area contributed by atoms with Crippen LogP contribution in [0.2, 0.25) is 0 Å². The van der Waals surface area contributed by atoms with Crippen LogP contribution in [0, 0.1) is 0 Å². The molecule has 1 amide bonds. The first-order chi connectivity index (χ1) is 19.1. The lowest BCUT2D eigenvalue weighted by Crippen LogP contribution is -2.43. The monoisotopic (exact) mass is 539 g/mol. The largest absolute Gasteiger partial charge is 0.467 e. The Labute approximate surface area is 232 Å². The molecule has 39 heavy (non-hydrogen) atoms. The van der Waals surface area contributed by atoms with E-state index in [0.717, 1.165) is 55.3 Å². The minimum Gasteiger partial charge on any atom is -0.467 e. The fourth-order valence-corrected chi connectivity index (χ4v) is 7.02. The molecular formula is C32H33N3O3S. The van der Waals surface area contributed by atoms with Crippen LogP contribution in [0.4, 0.5) is 0 Å². The molecule has 2 aromatic heterocycles. The van der Waals surface area contributed by atoms with E-state index in [2.05, 4.69) is 35.6 Å². The van der Waals surface area contributed by atoms with Gasteiger partial charge in [0.15, 0.2) is 5.16 Å². The molecule has 2 aliphatic carbocycles. The Morgan fingerprint density at radius 3 is 2.59 bits per heavy atom. The summed E-state index contributed by atoms with van der Waals surface area (Å²) in [6.45, 7) is 0.859. The molecule has 0 bridgehead atoms. The number of nitrogens with one attached hydrogen (secondary N) is 1. The first-order valence-corrected chi connectivity index (χ1v) is 14.8. The van der Waals surface area contributed by atoms with Gasteiger partial charge in [-0.3, -0.25) is 14.2 Å². The third kappa shape index (κ3) is 5.33. The number of hydrogen-bond acceptors (Lipinski definition) is 5. The van der Waals surface area contributed by atoms with Crippen LogP contribution in [-0.4, -0.2) is 27.8 Å². The molecule has 0 unspecified atom stereocenters. The van der Waals surface area contributed by atoms with Gasteiger partial charge in [-0.1, -0.05) is 85.6 Å². The second-order valence-electron chi connectivity index (χ2n) is 10.6. The third-order valence-corrected chi connectivity index (χ3v) is 9.06. The van der Waals surface area contributed by atoms with Crippen molar-refractivity contribution in [3.8, 4) is 11.3 Å². The summed E-state index contributed by atoms with van der Waals surface area (Å²) in [4.78, 5) is 32.3. The molecule has 0 radical (unpaired) electrons. The van der Waals surface area contributed by atoms with E-state index < -0.39 is 0 Å². The molecule has 6 rings (SSSR count). The minimum absolute atomic E-state index is 0.000196. The van der Waals surface area contributed by atoms with Crippen LogP contribution in [0.15, 0.2) is 87.4 Å². The first kappa shape index (κ1) is 25.7. The predicted octanol–water partition coefficient (Wildman–Crippen LogP) is 5.76. The van der Waals surface area contributed by atoms with E-state index >= 15 is 0 Å². The van der Waals surface area contributed by atoms with E-state index in [4.69, 9.17) is 9.40 Å². The van der Waals surface area contributed by atoms with Crippen LogP contribution in [0.5, 0.6) is 0 Å². The van der Waals surface area contributed by atoms with E-state index in [1.165, 1.54) is 29.3 Å².